The van der Waals surface area contributed by atoms with Gasteiger partial charge in [-0.15, -0.1) is 0 Å². The number of rotatable bonds is 4. The summed E-state index contributed by atoms with van der Waals surface area (Å²) < 4.78 is 67.6. The molecule has 0 aliphatic heterocycles. The summed E-state index contributed by atoms with van der Waals surface area (Å²) in [4.78, 5) is 3.38. The molecule has 0 N–H and O–H groups in total. The van der Waals surface area contributed by atoms with Gasteiger partial charge < -0.3 is 0 Å². The summed E-state index contributed by atoms with van der Waals surface area (Å²) in [7, 11) is -4.23. The van der Waals surface area contributed by atoms with Crippen molar-refractivity contribution in [3.8, 4) is 0 Å². The molecule has 160 valence electrons. The van der Waals surface area contributed by atoms with E-state index >= 15 is 0 Å². The topological polar surface area (TPSA) is 52.0 Å². The van der Waals surface area contributed by atoms with Crippen LogP contribution in [0.3, 0.4) is 0 Å². The lowest BCUT2D eigenvalue weighted by Crippen LogP contribution is -2.17. The smallest absolute Gasteiger partial charge is 0.251 e. The molecule has 0 atom stereocenters. The molecule has 10 heteroatoms. The van der Waals surface area contributed by atoms with Crippen molar-refractivity contribution in [3.05, 3.63) is 93.9 Å². The number of benzene rings is 2. The van der Waals surface area contributed by atoms with Gasteiger partial charge in [-0.25, -0.2) is 12.4 Å². The van der Waals surface area contributed by atoms with Gasteiger partial charge in [0.05, 0.1) is 10.4 Å². The van der Waals surface area contributed by atoms with Crippen LogP contribution < -0.4 is 0 Å². The monoisotopic (exact) mass is 484 g/mol. The molecule has 0 amide bonds. The molecule has 4 nitrogen and oxygen atoms in total. The first-order valence-electron chi connectivity index (χ1n) is 8.90. The van der Waals surface area contributed by atoms with E-state index in [-0.39, 0.29) is 27.9 Å². The van der Waals surface area contributed by atoms with Crippen LogP contribution in [0.15, 0.2) is 71.8 Å². The van der Waals surface area contributed by atoms with Crippen LogP contribution >= 0.6 is 23.2 Å². The van der Waals surface area contributed by atoms with E-state index in [9.17, 15) is 21.6 Å². The summed E-state index contributed by atoms with van der Waals surface area (Å²) in [6.07, 6.45) is -3.74. The van der Waals surface area contributed by atoms with E-state index in [1.165, 1.54) is 30.3 Å². The van der Waals surface area contributed by atoms with Crippen LogP contribution in [-0.2, 0) is 22.6 Å². The molecule has 0 radical (unpaired) electrons. The van der Waals surface area contributed by atoms with Gasteiger partial charge in [-0.05, 0) is 42.0 Å². The third-order valence-electron chi connectivity index (χ3n) is 4.71. The summed E-state index contributed by atoms with van der Waals surface area (Å²) in [5, 5.41) is 0.872. The second-order valence-corrected chi connectivity index (χ2v) is 9.32. The van der Waals surface area contributed by atoms with E-state index in [0.717, 1.165) is 16.2 Å². The molecule has 0 saturated heterocycles. The van der Waals surface area contributed by atoms with Crippen molar-refractivity contribution in [2.24, 2.45) is 0 Å². The fourth-order valence-corrected chi connectivity index (χ4v) is 5.36. The van der Waals surface area contributed by atoms with Crippen molar-refractivity contribution in [1.29, 1.82) is 0 Å². The van der Waals surface area contributed by atoms with E-state index in [4.69, 9.17) is 23.2 Å². The second-order valence-electron chi connectivity index (χ2n) is 6.72. The van der Waals surface area contributed by atoms with Crippen molar-refractivity contribution in [2.45, 2.75) is 17.5 Å². The predicted molar refractivity (Wildman–Crippen MR) is 113 cm³/mol. The normalized spacial score (nSPS) is 12.4. The number of pyridine rings is 1. The lowest BCUT2D eigenvalue weighted by Gasteiger charge is -2.14. The number of nitrogens with zero attached hydrogens (tertiary/aromatic N) is 2. The SMILES string of the molecule is O=S(=O)(c1ccccc1)n1c(Cc2c(Cl)cccc2Cl)cc2cnc(C(F)(F)F)cc21. The lowest BCUT2D eigenvalue weighted by molar-refractivity contribution is -0.141. The first-order valence-corrected chi connectivity index (χ1v) is 11.1. The summed E-state index contributed by atoms with van der Waals surface area (Å²) in [6.45, 7) is 0. The standard InChI is InChI=1S/C21H13Cl2F3N2O2S/c22-17-7-4-8-18(23)16(17)10-14-9-13-12-27-20(21(24,25)26)11-19(13)28(14)31(29,30)15-5-2-1-3-6-15/h1-9,11-12H,10H2. The minimum absolute atomic E-state index is 0.0133. The quantitative estimate of drug-likeness (QED) is 0.347. The first-order chi connectivity index (χ1) is 14.6. The van der Waals surface area contributed by atoms with Crippen LogP contribution in [0.5, 0.6) is 0 Å². The van der Waals surface area contributed by atoms with Crippen LogP contribution in [-0.4, -0.2) is 17.4 Å². The molecular formula is C21H13Cl2F3N2O2S. The van der Waals surface area contributed by atoms with Crippen LogP contribution in [0.2, 0.25) is 10.0 Å². The first kappa shape index (κ1) is 21.7. The highest BCUT2D eigenvalue weighted by Crippen LogP contribution is 2.34. The van der Waals surface area contributed by atoms with Crippen molar-refractivity contribution in [3.63, 3.8) is 0 Å². The second kappa shape index (κ2) is 7.85. The zero-order chi connectivity index (χ0) is 22.4. The van der Waals surface area contributed by atoms with Gasteiger partial charge in [0.15, 0.2) is 0 Å². The van der Waals surface area contributed by atoms with E-state index in [1.54, 1.807) is 24.3 Å². The highest BCUT2D eigenvalue weighted by Gasteiger charge is 2.34. The number of halogens is 5. The van der Waals surface area contributed by atoms with Gasteiger partial charge in [-0.2, -0.15) is 13.2 Å². The number of aromatic nitrogens is 2. The predicted octanol–water partition coefficient (Wildman–Crippen LogP) is 6.19. The molecule has 0 saturated carbocycles. The lowest BCUT2D eigenvalue weighted by atomic mass is 10.1. The Bertz CT molecular complexity index is 1370. The molecule has 31 heavy (non-hydrogen) atoms. The Morgan fingerprint density at radius 1 is 0.935 bits per heavy atom. The van der Waals surface area contributed by atoms with Gasteiger partial charge in [0.25, 0.3) is 10.0 Å². The van der Waals surface area contributed by atoms with Gasteiger partial charge in [0.2, 0.25) is 0 Å². The fourth-order valence-electron chi connectivity index (χ4n) is 3.28. The van der Waals surface area contributed by atoms with Crippen molar-refractivity contribution < 1.29 is 21.6 Å². The van der Waals surface area contributed by atoms with Crippen molar-refractivity contribution in [1.82, 2.24) is 8.96 Å². The third kappa shape index (κ3) is 4.03. The Labute approximate surface area is 185 Å². The number of hydrogen-bond acceptors (Lipinski definition) is 3. The molecule has 0 bridgehead atoms. The Kier molecular flexibility index (Phi) is 5.49. The van der Waals surface area contributed by atoms with Crippen LogP contribution in [0.4, 0.5) is 13.2 Å². The van der Waals surface area contributed by atoms with Crippen LogP contribution in [0, 0.1) is 0 Å². The van der Waals surface area contributed by atoms with Crippen molar-refractivity contribution in [2.75, 3.05) is 0 Å². The minimum atomic E-state index is -4.73. The molecule has 2 heterocycles. The molecule has 0 spiro atoms. The maximum atomic E-state index is 13.4. The van der Waals surface area contributed by atoms with E-state index in [1.807, 2.05) is 0 Å². The van der Waals surface area contributed by atoms with Gasteiger partial charge in [-0.3, -0.25) is 4.98 Å². The molecule has 2 aromatic carbocycles. The molecular weight excluding hydrogens is 472 g/mol. The summed E-state index contributed by atoms with van der Waals surface area (Å²) in [5.74, 6) is 0. The number of alkyl halides is 3. The van der Waals surface area contributed by atoms with E-state index in [2.05, 4.69) is 4.98 Å². The van der Waals surface area contributed by atoms with Gasteiger partial charge in [0.1, 0.15) is 5.69 Å². The molecule has 0 aliphatic carbocycles. The van der Waals surface area contributed by atoms with Gasteiger partial charge >= 0.3 is 6.18 Å². The number of fused-ring (bicyclic) bond motifs is 1. The van der Waals surface area contributed by atoms with E-state index < -0.39 is 21.9 Å². The van der Waals surface area contributed by atoms with Crippen molar-refractivity contribution >= 4 is 44.1 Å². The molecule has 0 unspecified atom stereocenters. The molecule has 4 rings (SSSR count). The number of hydrogen-bond donors (Lipinski definition) is 0. The average molecular weight is 485 g/mol. The summed E-state index contributed by atoms with van der Waals surface area (Å²) in [6, 6.07) is 14.5. The highest BCUT2D eigenvalue weighted by atomic mass is 35.5. The maximum Gasteiger partial charge on any atom is 0.433 e. The minimum Gasteiger partial charge on any atom is -0.251 e. The molecule has 0 aliphatic rings. The van der Waals surface area contributed by atoms with Gasteiger partial charge in [0, 0.05) is 33.7 Å². The van der Waals surface area contributed by atoms with Crippen LogP contribution in [0.25, 0.3) is 10.9 Å². The molecule has 2 aromatic heterocycles. The largest absolute Gasteiger partial charge is 0.433 e. The Morgan fingerprint density at radius 3 is 2.19 bits per heavy atom. The van der Waals surface area contributed by atoms with Gasteiger partial charge in [-0.1, -0.05) is 47.5 Å². The average Bonchev–Trinajstić information content (AvgIpc) is 3.09. The maximum absolute atomic E-state index is 13.4. The Balaban J connectivity index is 2.01. The summed E-state index contributed by atoms with van der Waals surface area (Å²) >= 11 is 12.5. The summed E-state index contributed by atoms with van der Waals surface area (Å²) in [5.41, 5.74) is -0.661. The zero-order valence-corrected chi connectivity index (χ0v) is 17.9. The van der Waals surface area contributed by atoms with Crippen LogP contribution in [0.1, 0.15) is 17.0 Å². The molecule has 4 aromatic rings. The molecule has 0 fully saturated rings. The highest BCUT2D eigenvalue weighted by molar-refractivity contribution is 7.90. The fraction of sp³-hybridized carbons (Fsp3) is 0.0952. The third-order valence-corrected chi connectivity index (χ3v) is 7.19. The Morgan fingerprint density at radius 2 is 1.58 bits per heavy atom. The zero-order valence-electron chi connectivity index (χ0n) is 15.6. The van der Waals surface area contributed by atoms with E-state index in [0.29, 0.717) is 15.6 Å². The Hall–Kier alpha value is -2.55.